The Morgan fingerprint density at radius 2 is 1.66 bits per heavy atom. The summed E-state index contributed by atoms with van der Waals surface area (Å²) in [6.07, 6.45) is -3.89. The third-order valence-electron chi connectivity index (χ3n) is 7.20. The van der Waals surface area contributed by atoms with Crippen LogP contribution in [0.3, 0.4) is 0 Å². The Hall–Kier alpha value is -3.15. The number of pyridine rings is 1. The van der Waals surface area contributed by atoms with Crippen molar-refractivity contribution in [3.63, 3.8) is 0 Å². The SMILES string of the molecule is Cc1ccc(C2CCC(N3CC(NC(=O)CNC(=O)c4cc(C(F)(F)F)ccc4C(F)(F)F)C3)CC2)cn1. The maximum absolute atomic E-state index is 13.2. The number of rotatable bonds is 6. The molecule has 1 aliphatic carbocycles. The second-order valence-electron chi connectivity index (χ2n) is 9.90. The highest BCUT2D eigenvalue weighted by Crippen LogP contribution is 2.37. The quantitative estimate of drug-likeness (QED) is 0.520. The third-order valence-corrected chi connectivity index (χ3v) is 7.20. The molecule has 1 aromatic carbocycles. The van der Waals surface area contributed by atoms with Crippen LogP contribution in [-0.4, -0.2) is 53.4 Å². The van der Waals surface area contributed by atoms with Gasteiger partial charge in [0.15, 0.2) is 0 Å². The Kier molecular flexibility index (Phi) is 8.01. The molecule has 2 aromatic rings. The van der Waals surface area contributed by atoms with E-state index in [0.29, 0.717) is 25.0 Å². The number of carbonyl (C=O) groups excluding carboxylic acids is 2. The molecule has 6 nitrogen and oxygen atoms in total. The van der Waals surface area contributed by atoms with Gasteiger partial charge in [0, 0.05) is 31.0 Å². The molecule has 0 bridgehead atoms. The fourth-order valence-corrected chi connectivity index (χ4v) is 5.09. The maximum Gasteiger partial charge on any atom is 0.417 e. The first-order chi connectivity index (χ1) is 17.8. The van der Waals surface area contributed by atoms with Crippen LogP contribution in [0.25, 0.3) is 0 Å². The minimum Gasteiger partial charge on any atom is -0.349 e. The summed E-state index contributed by atoms with van der Waals surface area (Å²) in [6.45, 7) is 2.53. The molecule has 1 saturated heterocycles. The molecular formula is C26H28F6N4O2. The van der Waals surface area contributed by atoms with Crippen LogP contribution in [0.4, 0.5) is 26.3 Å². The number of hydrogen-bond donors (Lipinski definition) is 2. The molecule has 12 heteroatoms. The van der Waals surface area contributed by atoms with E-state index in [1.807, 2.05) is 24.5 Å². The first kappa shape index (κ1) is 27.9. The normalized spacial score (nSPS) is 21.0. The fourth-order valence-electron chi connectivity index (χ4n) is 5.09. The van der Waals surface area contributed by atoms with Gasteiger partial charge in [0.2, 0.25) is 5.91 Å². The second kappa shape index (κ2) is 10.9. The van der Waals surface area contributed by atoms with Crippen LogP contribution in [0.5, 0.6) is 0 Å². The van der Waals surface area contributed by atoms with Crippen molar-refractivity contribution in [1.82, 2.24) is 20.5 Å². The predicted octanol–water partition coefficient (Wildman–Crippen LogP) is 4.68. The van der Waals surface area contributed by atoms with Crippen molar-refractivity contribution in [2.45, 2.75) is 63.0 Å². The molecule has 2 fully saturated rings. The molecule has 2 amide bonds. The van der Waals surface area contributed by atoms with Gasteiger partial charge in [-0.3, -0.25) is 19.5 Å². The van der Waals surface area contributed by atoms with Gasteiger partial charge in [-0.2, -0.15) is 26.3 Å². The van der Waals surface area contributed by atoms with Crippen molar-refractivity contribution in [1.29, 1.82) is 0 Å². The van der Waals surface area contributed by atoms with Gasteiger partial charge in [-0.1, -0.05) is 6.07 Å². The van der Waals surface area contributed by atoms with Crippen molar-refractivity contribution in [2.75, 3.05) is 19.6 Å². The van der Waals surface area contributed by atoms with Crippen molar-refractivity contribution < 1.29 is 35.9 Å². The summed E-state index contributed by atoms with van der Waals surface area (Å²) in [6, 6.07) is 4.99. The molecule has 2 N–H and O–H groups in total. The number of amides is 2. The molecular weight excluding hydrogens is 514 g/mol. The number of alkyl halides is 6. The van der Waals surface area contributed by atoms with E-state index >= 15 is 0 Å². The summed E-state index contributed by atoms with van der Waals surface area (Å²) in [7, 11) is 0. The van der Waals surface area contributed by atoms with Crippen LogP contribution < -0.4 is 10.6 Å². The molecule has 1 saturated carbocycles. The van der Waals surface area contributed by atoms with Crippen LogP contribution in [0.15, 0.2) is 36.5 Å². The van der Waals surface area contributed by atoms with E-state index in [9.17, 15) is 35.9 Å². The van der Waals surface area contributed by atoms with Crippen LogP contribution >= 0.6 is 0 Å². The third kappa shape index (κ3) is 6.64. The number of hydrogen-bond acceptors (Lipinski definition) is 4. The fraction of sp³-hybridized carbons (Fsp3) is 0.500. The molecule has 1 aromatic heterocycles. The van der Waals surface area contributed by atoms with Gasteiger partial charge in [-0.05, 0) is 68.4 Å². The summed E-state index contributed by atoms with van der Waals surface area (Å²) < 4.78 is 78.5. The van der Waals surface area contributed by atoms with E-state index in [1.54, 1.807) is 0 Å². The summed E-state index contributed by atoms with van der Waals surface area (Å²) in [5.41, 5.74) is -1.85. The first-order valence-electron chi connectivity index (χ1n) is 12.3. The van der Waals surface area contributed by atoms with Gasteiger partial charge in [0.05, 0.1) is 29.3 Å². The van der Waals surface area contributed by atoms with Crippen LogP contribution in [0.1, 0.15) is 64.3 Å². The number of carbonyl (C=O) groups is 2. The average Bonchev–Trinajstić information content (AvgIpc) is 2.83. The van der Waals surface area contributed by atoms with Crippen molar-refractivity contribution >= 4 is 11.8 Å². The lowest BCUT2D eigenvalue weighted by atomic mass is 9.81. The van der Waals surface area contributed by atoms with Crippen LogP contribution in [0, 0.1) is 6.92 Å². The summed E-state index contributed by atoms with van der Waals surface area (Å²) >= 11 is 0. The zero-order chi connectivity index (χ0) is 27.7. The minimum atomic E-state index is -5.04. The highest BCUT2D eigenvalue weighted by molar-refractivity contribution is 5.98. The smallest absolute Gasteiger partial charge is 0.349 e. The van der Waals surface area contributed by atoms with E-state index in [1.165, 1.54) is 5.56 Å². The molecule has 0 atom stereocenters. The molecule has 2 heterocycles. The number of benzene rings is 1. The Labute approximate surface area is 215 Å². The van der Waals surface area contributed by atoms with Gasteiger partial charge in [-0.25, -0.2) is 0 Å². The van der Waals surface area contributed by atoms with Gasteiger partial charge in [0.1, 0.15) is 0 Å². The highest BCUT2D eigenvalue weighted by Gasteiger charge is 2.39. The van der Waals surface area contributed by atoms with E-state index in [0.717, 1.165) is 31.4 Å². The maximum atomic E-state index is 13.2. The monoisotopic (exact) mass is 542 g/mol. The molecule has 1 aliphatic heterocycles. The number of aryl methyl sites for hydroxylation is 1. The molecule has 38 heavy (non-hydrogen) atoms. The van der Waals surface area contributed by atoms with E-state index in [-0.39, 0.29) is 24.2 Å². The Morgan fingerprint density at radius 1 is 0.974 bits per heavy atom. The molecule has 2 aliphatic rings. The molecule has 4 rings (SSSR count). The van der Waals surface area contributed by atoms with Crippen molar-refractivity contribution in [3.8, 4) is 0 Å². The topological polar surface area (TPSA) is 74.3 Å². The zero-order valence-corrected chi connectivity index (χ0v) is 20.6. The Balaban J connectivity index is 1.23. The lowest BCUT2D eigenvalue weighted by Gasteiger charge is -2.46. The summed E-state index contributed by atoms with van der Waals surface area (Å²) in [5.74, 6) is -1.55. The van der Waals surface area contributed by atoms with Crippen molar-refractivity contribution in [2.24, 2.45) is 0 Å². The lowest BCUT2D eigenvalue weighted by molar-refractivity contribution is -0.141. The number of nitrogens with zero attached hydrogens (tertiary/aromatic N) is 2. The number of halogens is 6. The molecule has 0 unspecified atom stereocenters. The number of likely N-dealkylation sites (tertiary alicyclic amines) is 1. The first-order valence-corrected chi connectivity index (χ1v) is 12.3. The standard InChI is InChI=1S/C26H28F6N4O2/c1-15-2-3-17(11-33-15)16-4-7-20(8-5-16)36-13-19(14-36)35-23(37)12-34-24(38)21-10-18(25(27,28)29)6-9-22(21)26(30,31)32/h2-3,6,9-11,16,19-20H,4-5,7-8,12-14H2,1H3,(H,34,38)(H,35,37). The zero-order valence-electron chi connectivity index (χ0n) is 20.6. The molecule has 0 spiro atoms. The van der Waals surface area contributed by atoms with Gasteiger partial charge in [0.25, 0.3) is 5.91 Å². The highest BCUT2D eigenvalue weighted by atomic mass is 19.4. The lowest BCUT2D eigenvalue weighted by Crippen LogP contribution is -2.63. The van der Waals surface area contributed by atoms with Crippen LogP contribution in [-0.2, 0) is 17.1 Å². The molecule has 0 radical (unpaired) electrons. The number of aromatic nitrogens is 1. The van der Waals surface area contributed by atoms with Gasteiger partial charge < -0.3 is 10.6 Å². The van der Waals surface area contributed by atoms with Crippen LogP contribution in [0.2, 0.25) is 0 Å². The van der Waals surface area contributed by atoms with Gasteiger partial charge in [-0.15, -0.1) is 0 Å². The second-order valence-corrected chi connectivity index (χ2v) is 9.90. The van der Waals surface area contributed by atoms with Crippen molar-refractivity contribution in [3.05, 3.63) is 64.5 Å². The Morgan fingerprint density at radius 3 is 2.24 bits per heavy atom. The largest absolute Gasteiger partial charge is 0.417 e. The summed E-state index contributed by atoms with van der Waals surface area (Å²) in [5, 5.41) is 4.71. The predicted molar refractivity (Wildman–Crippen MR) is 126 cm³/mol. The minimum absolute atomic E-state index is 0.143. The van der Waals surface area contributed by atoms with E-state index in [2.05, 4.69) is 21.3 Å². The summed E-state index contributed by atoms with van der Waals surface area (Å²) in [4.78, 5) is 31.2. The van der Waals surface area contributed by atoms with E-state index in [4.69, 9.17) is 0 Å². The van der Waals surface area contributed by atoms with Gasteiger partial charge >= 0.3 is 12.4 Å². The Bertz CT molecular complexity index is 1150. The number of nitrogens with one attached hydrogen (secondary N) is 2. The average molecular weight is 543 g/mol. The molecule has 206 valence electrons. The van der Waals surface area contributed by atoms with E-state index < -0.39 is 47.4 Å².